The number of rotatable bonds is 7. The number of nitrogens with zero attached hydrogens (tertiary/aromatic N) is 1. The summed E-state index contributed by atoms with van der Waals surface area (Å²) < 4.78 is 22.6. The molecule has 7 heteroatoms. The van der Waals surface area contributed by atoms with Gasteiger partial charge in [0.15, 0.2) is 5.96 Å². The van der Waals surface area contributed by atoms with Crippen LogP contribution in [-0.4, -0.2) is 40.0 Å². The van der Waals surface area contributed by atoms with Gasteiger partial charge in [-0.05, 0) is 30.9 Å². The van der Waals surface area contributed by atoms with Gasteiger partial charge in [-0.15, -0.1) is 11.3 Å². The van der Waals surface area contributed by atoms with Crippen LogP contribution >= 0.6 is 11.3 Å². The molecule has 126 valence electrons. The minimum Gasteiger partial charge on any atom is -0.356 e. The highest BCUT2D eigenvalue weighted by Gasteiger charge is 2.20. The van der Waals surface area contributed by atoms with Crippen molar-refractivity contribution in [3.8, 4) is 0 Å². The fraction of sp³-hybridized carbons (Fsp3) is 0.667. The summed E-state index contributed by atoms with van der Waals surface area (Å²) in [5.74, 6) is 0.945. The Balaban J connectivity index is 2.42. The first-order chi connectivity index (χ1) is 10.1. The highest BCUT2D eigenvalue weighted by molar-refractivity contribution is 7.90. The lowest BCUT2D eigenvalue weighted by Gasteiger charge is -2.25. The van der Waals surface area contributed by atoms with Crippen LogP contribution in [0.25, 0.3) is 0 Å². The van der Waals surface area contributed by atoms with Crippen LogP contribution in [0.1, 0.15) is 30.0 Å². The summed E-state index contributed by atoms with van der Waals surface area (Å²) in [6, 6.07) is 4.21. The molecule has 0 spiro atoms. The molecule has 0 radical (unpaired) electrons. The maximum absolute atomic E-state index is 11.3. The Morgan fingerprint density at radius 2 is 2.00 bits per heavy atom. The van der Waals surface area contributed by atoms with Gasteiger partial charge in [-0.1, -0.05) is 13.8 Å². The molecule has 0 aromatic carbocycles. The van der Waals surface area contributed by atoms with Gasteiger partial charge in [-0.3, -0.25) is 4.99 Å². The van der Waals surface area contributed by atoms with Gasteiger partial charge < -0.3 is 10.6 Å². The Morgan fingerprint density at radius 1 is 1.32 bits per heavy atom. The molecule has 5 nitrogen and oxygen atoms in total. The lowest BCUT2D eigenvalue weighted by atomic mass is 9.90. The lowest BCUT2D eigenvalue weighted by molar-refractivity contribution is 0.348. The van der Waals surface area contributed by atoms with E-state index >= 15 is 0 Å². The van der Waals surface area contributed by atoms with Crippen molar-refractivity contribution in [2.75, 3.05) is 25.6 Å². The van der Waals surface area contributed by atoms with Crippen LogP contribution in [-0.2, 0) is 16.4 Å². The molecule has 0 aliphatic rings. The van der Waals surface area contributed by atoms with Gasteiger partial charge in [0, 0.05) is 29.6 Å². The van der Waals surface area contributed by atoms with E-state index < -0.39 is 9.84 Å². The largest absolute Gasteiger partial charge is 0.356 e. The second-order valence-corrected chi connectivity index (χ2v) is 9.97. The Bertz CT molecular complexity index is 604. The Kier molecular flexibility index (Phi) is 6.87. The van der Waals surface area contributed by atoms with Gasteiger partial charge in [0.1, 0.15) is 9.84 Å². The van der Waals surface area contributed by atoms with E-state index in [9.17, 15) is 8.42 Å². The van der Waals surface area contributed by atoms with Crippen LogP contribution in [0.2, 0.25) is 0 Å². The fourth-order valence-corrected chi connectivity index (χ4v) is 3.60. The van der Waals surface area contributed by atoms with E-state index in [-0.39, 0.29) is 11.2 Å². The summed E-state index contributed by atoms with van der Waals surface area (Å²) in [6.45, 7) is 7.61. The molecule has 0 unspecified atom stereocenters. The number of sulfone groups is 1. The van der Waals surface area contributed by atoms with Crippen LogP contribution in [0.15, 0.2) is 17.1 Å². The monoisotopic (exact) mass is 345 g/mol. The predicted octanol–water partition coefficient (Wildman–Crippen LogP) is 2.18. The zero-order valence-electron chi connectivity index (χ0n) is 14.1. The summed E-state index contributed by atoms with van der Waals surface area (Å²) in [7, 11) is -1.18. The van der Waals surface area contributed by atoms with E-state index in [1.807, 2.05) is 0 Å². The maximum Gasteiger partial charge on any atom is 0.191 e. The van der Waals surface area contributed by atoms with Crippen molar-refractivity contribution in [1.29, 1.82) is 0 Å². The average molecular weight is 346 g/mol. The van der Waals surface area contributed by atoms with Crippen molar-refractivity contribution < 1.29 is 8.42 Å². The van der Waals surface area contributed by atoms with Crippen molar-refractivity contribution in [3.63, 3.8) is 0 Å². The Morgan fingerprint density at radius 3 is 2.50 bits per heavy atom. The number of hydrogen-bond donors (Lipinski definition) is 2. The number of guanidine groups is 1. The SMILES string of the molecule is CN=C(NCc1ccc(C)s1)NCC(C)(C)CCS(C)(=O)=O. The van der Waals surface area contributed by atoms with Gasteiger partial charge in [-0.2, -0.15) is 0 Å². The number of thiophene rings is 1. The number of hydrogen-bond acceptors (Lipinski definition) is 4. The summed E-state index contributed by atoms with van der Waals surface area (Å²) in [4.78, 5) is 6.76. The number of nitrogens with one attached hydrogen (secondary N) is 2. The quantitative estimate of drug-likeness (QED) is 0.587. The maximum atomic E-state index is 11.3. The summed E-state index contributed by atoms with van der Waals surface area (Å²) in [5, 5.41) is 6.55. The first-order valence-corrected chi connectivity index (χ1v) is 10.2. The molecule has 1 aromatic heterocycles. The lowest BCUT2D eigenvalue weighted by Crippen LogP contribution is -2.42. The van der Waals surface area contributed by atoms with Gasteiger partial charge in [0.2, 0.25) is 0 Å². The molecule has 0 amide bonds. The summed E-state index contributed by atoms with van der Waals surface area (Å²) in [5.41, 5.74) is -0.111. The van der Waals surface area contributed by atoms with E-state index in [1.165, 1.54) is 16.0 Å². The number of aliphatic imine (C=N–C) groups is 1. The van der Waals surface area contributed by atoms with Crippen LogP contribution < -0.4 is 10.6 Å². The molecule has 2 N–H and O–H groups in total. The standard InChI is InChI=1S/C15H27N3O2S2/c1-12-6-7-13(21-12)10-17-14(16-4)18-11-15(2,3)8-9-22(5,19)20/h6-7H,8-11H2,1-5H3,(H2,16,17,18). The van der Waals surface area contributed by atoms with Crippen LogP contribution in [0.4, 0.5) is 0 Å². The topological polar surface area (TPSA) is 70.6 Å². The molecular weight excluding hydrogens is 318 g/mol. The third-order valence-corrected chi connectivity index (χ3v) is 5.28. The van der Waals surface area contributed by atoms with Gasteiger partial charge in [0.05, 0.1) is 12.3 Å². The number of aryl methyl sites for hydroxylation is 1. The molecule has 0 aliphatic carbocycles. The third kappa shape index (κ3) is 7.79. The Hall–Kier alpha value is -1.08. The normalized spacial score (nSPS) is 13.2. The molecule has 0 saturated carbocycles. The molecule has 1 rings (SSSR count). The van der Waals surface area contributed by atoms with Crippen LogP contribution in [0.5, 0.6) is 0 Å². The molecule has 0 atom stereocenters. The zero-order chi connectivity index (χ0) is 16.8. The molecule has 0 aliphatic heterocycles. The van der Waals surface area contributed by atoms with E-state index in [2.05, 4.69) is 48.5 Å². The Labute approximate surface area is 138 Å². The molecule has 22 heavy (non-hydrogen) atoms. The van der Waals surface area contributed by atoms with Crippen LogP contribution in [0.3, 0.4) is 0 Å². The van der Waals surface area contributed by atoms with Crippen molar-refractivity contribution in [3.05, 3.63) is 21.9 Å². The molecule has 0 fully saturated rings. The van der Waals surface area contributed by atoms with Crippen molar-refractivity contribution >= 4 is 27.1 Å². The third-order valence-electron chi connectivity index (χ3n) is 3.33. The van der Waals surface area contributed by atoms with Crippen molar-refractivity contribution in [1.82, 2.24) is 10.6 Å². The predicted molar refractivity (Wildman–Crippen MR) is 95.4 cm³/mol. The second-order valence-electron chi connectivity index (χ2n) is 6.34. The first kappa shape index (κ1) is 19.0. The molecular formula is C15H27N3O2S2. The van der Waals surface area contributed by atoms with Crippen molar-refractivity contribution in [2.45, 2.75) is 33.7 Å². The van der Waals surface area contributed by atoms with E-state index in [4.69, 9.17) is 0 Å². The zero-order valence-corrected chi connectivity index (χ0v) is 15.7. The smallest absolute Gasteiger partial charge is 0.191 e. The van der Waals surface area contributed by atoms with E-state index in [0.29, 0.717) is 13.0 Å². The summed E-state index contributed by atoms with van der Waals surface area (Å²) >= 11 is 1.76. The molecule has 1 heterocycles. The van der Waals surface area contributed by atoms with E-state index in [0.717, 1.165) is 12.5 Å². The van der Waals surface area contributed by atoms with Gasteiger partial charge >= 0.3 is 0 Å². The first-order valence-electron chi connectivity index (χ1n) is 7.29. The fourth-order valence-electron chi connectivity index (χ4n) is 1.84. The van der Waals surface area contributed by atoms with Gasteiger partial charge in [0.25, 0.3) is 0 Å². The minimum atomic E-state index is -2.92. The van der Waals surface area contributed by atoms with E-state index in [1.54, 1.807) is 18.4 Å². The molecule has 0 saturated heterocycles. The minimum absolute atomic E-state index is 0.111. The van der Waals surface area contributed by atoms with Crippen LogP contribution in [0, 0.1) is 12.3 Å². The second kappa shape index (κ2) is 7.97. The summed E-state index contributed by atoms with van der Waals surface area (Å²) in [6.07, 6.45) is 1.90. The van der Waals surface area contributed by atoms with Crippen molar-refractivity contribution in [2.24, 2.45) is 10.4 Å². The average Bonchev–Trinajstić information content (AvgIpc) is 2.82. The molecule has 1 aromatic rings. The van der Waals surface area contributed by atoms with Gasteiger partial charge in [-0.25, -0.2) is 8.42 Å². The highest BCUT2D eigenvalue weighted by Crippen LogP contribution is 2.19. The highest BCUT2D eigenvalue weighted by atomic mass is 32.2. The molecule has 0 bridgehead atoms.